The molecule has 0 aliphatic carbocycles. The number of ether oxygens (including phenoxy) is 1. The molecule has 1 aromatic heterocycles. The Kier molecular flexibility index (Phi) is 5.02. The monoisotopic (exact) mass is 272 g/mol. The summed E-state index contributed by atoms with van der Waals surface area (Å²) in [5, 5.41) is 0. The first-order valence-corrected chi connectivity index (χ1v) is 6.05. The fourth-order valence-electron chi connectivity index (χ4n) is 1.38. The molecule has 0 N–H and O–H groups in total. The second-order valence-corrected chi connectivity index (χ2v) is 4.59. The van der Waals surface area contributed by atoms with Crippen LogP contribution in [0.1, 0.15) is 32.5 Å². The molecule has 3 nitrogen and oxygen atoms in total. The fraction of sp³-hybridized carbons (Fsp3) is 0.636. The van der Waals surface area contributed by atoms with E-state index >= 15 is 0 Å². The average molecular weight is 273 g/mol. The van der Waals surface area contributed by atoms with E-state index in [1.54, 1.807) is 6.07 Å². The van der Waals surface area contributed by atoms with Crippen molar-refractivity contribution in [3.8, 4) is 5.88 Å². The highest BCUT2D eigenvalue weighted by atomic mass is 79.9. The molecule has 0 saturated carbocycles. The van der Waals surface area contributed by atoms with Crippen LogP contribution in [0.25, 0.3) is 0 Å². The summed E-state index contributed by atoms with van der Waals surface area (Å²) in [5.74, 6) is 1.95. The first-order valence-electron chi connectivity index (χ1n) is 5.25. The lowest BCUT2D eigenvalue weighted by Gasteiger charge is -2.11. The van der Waals surface area contributed by atoms with E-state index in [0.29, 0.717) is 11.8 Å². The predicted octanol–water partition coefficient (Wildman–Crippen LogP) is 3.36. The highest BCUT2D eigenvalue weighted by molar-refractivity contribution is 9.10. The van der Waals surface area contributed by atoms with Crippen molar-refractivity contribution in [2.45, 2.75) is 33.6 Å². The topological polar surface area (TPSA) is 35.0 Å². The third-order valence-electron chi connectivity index (χ3n) is 2.08. The van der Waals surface area contributed by atoms with Gasteiger partial charge in [0, 0.05) is 6.07 Å². The van der Waals surface area contributed by atoms with Gasteiger partial charge in [-0.3, -0.25) is 0 Å². The first kappa shape index (κ1) is 12.4. The van der Waals surface area contributed by atoms with E-state index in [1.165, 1.54) is 12.8 Å². The van der Waals surface area contributed by atoms with Crippen LogP contribution < -0.4 is 4.74 Å². The molecule has 4 heteroatoms. The minimum absolute atomic E-state index is 0.573. The summed E-state index contributed by atoms with van der Waals surface area (Å²) in [6.07, 6.45) is 2.38. The minimum Gasteiger partial charge on any atom is -0.477 e. The van der Waals surface area contributed by atoms with Gasteiger partial charge in [0.1, 0.15) is 10.4 Å². The number of hydrogen-bond acceptors (Lipinski definition) is 3. The average Bonchev–Trinajstić information content (AvgIpc) is 2.14. The molecule has 0 fully saturated rings. The number of nitrogens with zero attached hydrogens (tertiary/aromatic N) is 2. The minimum atomic E-state index is 0.573. The van der Waals surface area contributed by atoms with Crippen LogP contribution in [0.15, 0.2) is 10.7 Å². The van der Waals surface area contributed by atoms with Crippen molar-refractivity contribution in [2.75, 3.05) is 6.61 Å². The van der Waals surface area contributed by atoms with Crippen LogP contribution in [0.3, 0.4) is 0 Å². The molecule has 0 radical (unpaired) electrons. The van der Waals surface area contributed by atoms with Gasteiger partial charge in [0.05, 0.1) is 6.61 Å². The van der Waals surface area contributed by atoms with Crippen LogP contribution in [0.2, 0.25) is 0 Å². The number of aromatic nitrogens is 2. The molecule has 0 amide bonds. The summed E-state index contributed by atoms with van der Waals surface area (Å²) in [4.78, 5) is 8.33. The van der Waals surface area contributed by atoms with Crippen molar-refractivity contribution in [1.29, 1.82) is 0 Å². The Bertz CT molecular complexity index is 297. The third kappa shape index (κ3) is 4.60. The highest BCUT2D eigenvalue weighted by Crippen LogP contribution is 2.15. The van der Waals surface area contributed by atoms with Crippen molar-refractivity contribution in [2.24, 2.45) is 5.92 Å². The quantitative estimate of drug-likeness (QED) is 0.771. The summed E-state index contributed by atoms with van der Waals surface area (Å²) in [7, 11) is 0. The van der Waals surface area contributed by atoms with Crippen LogP contribution in [0.4, 0.5) is 0 Å². The Hall–Kier alpha value is -0.640. The number of hydrogen-bond donors (Lipinski definition) is 0. The van der Waals surface area contributed by atoms with E-state index in [4.69, 9.17) is 4.74 Å². The van der Waals surface area contributed by atoms with Crippen LogP contribution in [0, 0.1) is 12.8 Å². The molecule has 0 aromatic carbocycles. The molecule has 15 heavy (non-hydrogen) atoms. The van der Waals surface area contributed by atoms with Crippen molar-refractivity contribution in [1.82, 2.24) is 9.97 Å². The van der Waals surface area contributed by atoms with Gasteiger partial charge in [-0.1, -0.05) is 20.3 Å². The van der Waals surface area contributed by atoms with E-state index in [-0.39, 0.29) is 0 Å². The molecule has 1 aromatic rings. The Labute approximate surface area is 99.4 Å². The van der Waals surface area contributed by atoms with Crippen molar-refractivity contribution >= 4 is 15.9 Å². The van der Waals surface area contributed by atoms with Gasteiger partial charge in [-0.2, -0.15) is 4.98 Å². The molecule has 0 aliphatic heterocycles. The normalized spacial score (nSPS) is 12.5. The van der Waals surface area contributed by atoms with E-state index in [1.807, 2.05) is 6.92 Å². The Morgan fingerprint density at radius 3 is 2.80 bits per heavy atom. The van der Waals surface area contributed by atoms with Crippen LogP contribution in [-0.2, 0) is 0 Å². The molecule has 1 atom stereocenters. The maximum absolute atomic E-state index is 5.60. The van der Waals surface area contributed by atoms with Crippen LogP contribution in [0.5, 0.6) is 5.88 Å². The van der Waals surface area contributed by atoms with Gasteiger partial charge in [0.15, 0.2) is 0 Å². The van der Waals surface area contributed by atoms with E-state index in [9.17, 15) is 0 Å². The number of rotatable bonds is 5. The Morgan fingerprint density at radius 2 is 2.20 bits per heavy atom. The molecule has 1 unspecified atom stereocenters. The molecule has 0 bridgehead atoms. The molecule has 0 aliphatic rings. The molecule has 0 spiro atoms. The van der Waals surface area contributed by atoms with Gasteiger partial charge in [0.25, 0.3) is 0 Å². The van der Waals surface area contributed by atoms with Crippen molar-refractivity contribution in [3.05, 3.63) is 16.5 Å². The van der Waals surface area contributed by atoms with Crippen molar-refractivity contribution < 1.29 is 4.74 Å². The lowest BCUT2D eigenvalue weighted by atomic mass is 10.1. The van der Waals surface area contributed by atoms with Crippen molar-refractivity contribution in [3.63, 3.8) is 0 Å². The smallest absolute Gasteiger partial charge is 0.217 e. The summed E-state index contributed by atoms with van der Waals surface area (Å²) in [6, 6.07) is 1.80. The SMILES string of the molecule is CCCC(C)COc1cc(Br)nc(C)n1. The van der Waals surface area contributed by atoms with Gasteiger partial charge in [-0.15, -0.1) is 0 Å². The molecule has 1 heterocycles. The summed E-state index contributed by atoms with van der Waals surface area (Å²) < 4.78 is 6.37. The summed E-state index contributed by atoms with van der Waals surface area (Å²) >= 11 is 3.32. The van der Waals surface area contributed by atoms with Gasteiger partial charge in [0.2, 0.25) is 5.88 Å². The zero-order valence-corrected chi connectivity index (χ0v) is 11.0. The molecule has 1 rings (SSSR count). The fourth-order valence-corrected chi connectivity index (χ4v) is 1.84. The van der Waals surface area contributed by atoms with Crippen LogP contribution in [-0.4, -0.2) is 16.6 Å². The molecular weight excluding hydrogens is 256 g/mol. The Morgan fingerprint density at radius 1 is 1.47 bits per heavy atom. The number of halogens is 1. The second-order valence-electron chi connectivity index (χ2n) is 3.78. The maximum atomic E-state index is 5.60. The van der Waals surface area contributed by atoms with Gasteiger partial charge >= 0.3 is 0 Å². The predicted molar refractivity (Wildman–Crippen MR) is 64.0 cm³/mol. The van der Waals surface area contributed by atoms with E-state index in [2.05, 4.69) is 39.7 Å². The standard InChI is InChI=1S/C11H17BrN2O/c1-4-5-8(2)7-15-11-6-10(12)13-9(3)14-11/h6,8H,4-5,7H2,1-3H3. The summed E-state index contributed by atoms with van der Waals surface area (Å²) in [6.45, 7) is 6.94. The summed E-state index contributed by atoms with van der Waals surface area (Å²) in [5.41, 5.74) is 0. The zero-order chi connectivity index (χ0) is 11.3. The van der Waals surface area contributed by atoms with Crippen LogP contribution >= 0.6 is 15.9 Å². The lowest BCUT2D eigenvalue weighted by Crippen LogP contribution is -2.09. The maximum Gasteiger partial charge on any atom is 0.217 e. The molecular formula is C11H17BrN2O. The Balaban J connectivity index is 2.50. The van der Waals surface area contributed by atoms with Gasteiger partial charge < -0.3 is 4.74 Å². The zero-order valence-electron chi connectivity index (χ0n) is 9.46. The third-order valence-corrected chi connectivity index (χ3v) is 2.49. The molecule has 84 valence electrons. The highest BCUT2D eigenvalue weighted by Gasteiger charge is 2.04. The second kappa shape index (κ2) is 6.05. The molecule has 0 saturated heterocycles. The first-order chi connectivity index (χ1) is 7.11. The number of aryl methyl sites for hydroxylation is 1. The van der Waals surface area contributed by atoms with Gasteiger partial charge in [-0.05, 0) is 35.2 Å². The van der Waals surface area contributed by atoms with Gasteiger partial charge in [-0.25, -0.2) is 4.98 Å². The lowest BCUT2D eigenvalue weighted by molar-refractivity contribution is 0.242. The van der Waals surface area contributed by atoms with E-state index in [0.717, 1.165) is 17.0 Å². The largest absolute Gasteiger partial charge is 0.477 e. The van der Waals surface area contributed by atoms with E-state index < -0.39 is 0 Å².